The SMILES string of the molecule is CCc1nc(-c2ccc(-c3ccc(CC[C@](N)(CO)COP(=O)(O)O)cc3)cc2)co1. The average Bonchev–Trinajstić information content (AvgIpc) is 3.26. The van der Waals surface area contributed by atoms with E-state index in [1.165, 1.54) is 0 Å². The fourth-order valence-electron chi connectivity index (χ4n) is 3.11. The minimum atomic E-state index is -4.64. The van der Waals surface area contributed by atoms with Gasteiger partial charge in [-0.1, -0.05) is 55.5 Å². The Morgan fingerprint density at radius 3 is 2.16 bits per heavy atom. The van der Waals surface area contributed by atoms with Gasteiger partial charge in [-0.2, -0.15) is 0 Å². The highest BCUT2D eigenvalue weighted by Crippen LogP contribution is 2.37. The third kappa shape index (κ3) is 6.58. The number of nitrogens with zero attached hydrogens (tertiary/aromatic N) is 1. The van der Waals surface area contributed by atoms with Crippen molar-refractivity contribution in [3.8, 4) is 22.4 Å². The molecule has 1 heterocycles. The lowest BCUT2D eigenvalue weighted by Crippen LogP contribution is -2.48. The van der Waals surface area contributed by atoms with Crippen molar-refractivity contribution in [3.63, 3.8) is 0 Å². The van der Waals surface area contributed by atoms with Gasteiger partial charge in [0, 0.05) is 12.0 Å². The first-order valence-electron chi connectivity index (χ1n) is 9.95. The highest BCUT2D eigenvalue weighted by molar-refractivity contribution is 7.46. The number of aryl methyl sites for hydroxylation is 2. The summed E-state index contributed by atoms with van der Waals surface area (Å²) >= 11 is 0. The standard InChI is InChI=1S/C22H27N2O6P/c1-2-21-24-20(13-29-21)19-9-7-18(8-10-19)17-5-3-16(4-6-17)11-12-22(23,14-25)15-30-31(26,27)28/h3-10,13,25H,2,11-12,14-15,23H2,1H3,(H2,26,27,28)/t22-/m0/s1. The number of aromatic nitrogens is 1. The highest BCUT2D eigenvalue weighted by Gasteiger charge is 2.28. The monoisotopic (exact) mass is 446 g/mol. The van der Waals surface area contributed by atoms with Gasteiger partial charge in [0.1, 0.15) is 12.0 Å². The number of phosphoric acid groups is 1. The van der Waals surface area contributed by atoms with Gasteiger partial charge in [0.15, 0.2) is 5.89 Å². The first kappa shape index (κ1) is 23.3. The first-order chi connectivity index (χ1) is 14.7. The van der Waals surface area contributed by atoms with E-state index >= 15 is 0 Å². The van der Waals surface area contributed by atoms with E-state index in [1.54, 1.807) is 6.26 Å². The van der Waals surface area contributed by atoms with Crippen molar-refractivity contribution in [1.82, 2.24) is 4.98 Å². The fourth-order valence-corrected chi connectivity index (χ4v) is 3.53. The zero-order valence-electron chi connectivity index (χ0n) is 17.3. The molecule has 31 heavy (non-hydrogen) atoms. The number of hydrogen-bond donors (Lipinski definition) is 4. The number of aliphatic hydroxyl groups excluding tert-OH is 1. The van der Waals surface area contributed by atoms with Gasteiger partial charge in [0.2, 0.25) is 0 Å². The topological polar surface area (TPSA) is 139 Å². The first-order valence-corrected chi connectivity index (χ1v) is 11.5. The van der Waals surface area contributed by atoms with E-state index in [0.717, 1.165) is 34.4 Å². The largest absolute Gasteiger partial charge is 0.469 e. The molecule has 0 spiro atoms. The number of nitrogens with two attached hydrogens (primary N) is 1. The molecule has 0 bridgehead atoms. The summed E-state index contributed by atoms with van der Waals surface area (Å²) < 4.78 is 20.8. The van der Waals surface area contributed by atoms with Crippen molar-refractivity contribution in [2.45, 2.75) is 31.7 Å². The van der Waals surface area contributed by atoms with Crippen molar-refractivity contribution in [3.05, 3.63) is 66.2 Å². The van der Waals surface area contributed by atoms with E-state index < -0.39 is 26.6 Å². The van der Waals surface area contributed by atoms with Gasteiger partial charge in [0.05, 0.1) is 18.8 Å². The van der Waals surface area contributed by atoms with Crippen LogP contribution < -0.4 is 5.73 Å². The molecular formula is C22H27N2O6P. The van der Waals surface area contributed by atoms with E-state index in [2.05, 4.69) is 9.51 Å². The lowest BCUT2D eigenvalue weighted by molar-refractivity contribution is 0.102. The molecule has 2 aromatic carbocycles. The van der Waals surface area contributed by atoms with Crippen LogP contribution in [0.15, 0.2) is 59.2 Å². The molecule has 0 saturated carbocycles. The molecule has 3 rings (SSSR count). The van der Waals surface area contributed by atoms with Crippen molar-refractivity contribution >= 4 is 7.82 Å². The summed E-state index contributed by atoms with van der Waals surface area (Å²) in [4.78, 5) is 22.1. The fraction of sp³-hybridized carbons (Fsp3) is 0.318. The molecule has 9 heteroatoms. The smallest absolute Gasteiger partial charge is 0.448 e. The summed E-state index contributed by atoms with van der Waals surface area (Å²) in [6, 6.07) is 16.0. The number of hydrogen-bond acceptors (Lipinski definition) is 6. The lowest BCUT2D eigenvalue weighted by atomic mass is 9.93. The second-order valence-electron chi connectivity index (χ2n) is 7.54. The van der Waals surface area contributed by atoms with Gasteiger partial charge in [-0.25, -0.2) is 9.55 Å². The Labute approximate surface area is 180 Å². The van der Waals surface area contributed by atoms with Crippen LogP contribution in [0.5, 0.6) is 0 Å². The van der Waals surface area contributed by atoms with E-state index in [1.807, 2.05) is 55.5 Å². The maximum atomic E-state index is 10.9. The molecule has 1 atom stereocenters. The second-order valence-corrected chi connectivity index (χ2v) is 8.78. The molecule has 0 aliphatic heterocycles. The van der Waals surface area contributed by atoms with Gasteiger partial charge in [-0.15, -0.1) is 0 Å². The molecule has 0 amide bonds. The third-order valence-electron chi connectivity index (χ3n) is 5.07. The number of phosphoric ester groups is 1. The molecule has 0 aliphatic rings. The summed E-state index contributed by atoms with van der Waals surface area (Å²) in [5, 5.41) is 9.50. The van der Waals surface area contributed by atoms with Crippen molar-refractivity contribution < 1.29 is 28.4 Å². The Morgan fingerprint density at radius 1 is 1.06 bits per heavy atom. The number of rotatable bonds is 10. The number of aliphatic hydroxyl groups is 1. The van der Waals surface area contributed by atoms with Gasteiger partial charge < -0.3 is 25.0 Å². The Morgan fingerprint density at radius 2 is 1.65 bits per heavy atom. The molecule has 0 unspecified atom stereocenters. The van der Waals surface area contributed by atoms with Crippen LogP contribution >= 0.6 is 7.82 Å². The minimum Gasteiger partial charge on any atom is -0.448 e. The van der Waals surface area contributed by atoms with Crippen LogP contribution in [0, 0.1) is 0 Å². The Balaban J connectivity index is 1.62. The molecule has 166 valence electrons. The Hall–Kier alpha value is -2.32. The number of benzene rings is 2. The van der Waals surface area contributed by atoms with Gasteiger partial charge in [-0.05, 0) is 29.5 Å². The van der Waals surface area contributed by atoms with Gasteiger partial charge in [0.25, 0.3) is 0 Å². The summed E-state index contributed by atoms with van der Waals surface area (Å²) in [6.45, 7) is 1.13. The van der Waals surface area contributed by atoms with Crippen LogP contribution in [-0.2, 0) is 21.9 Å². The second kappa shape index (κ2) is 9.87. The normalized spacial score (nSPS) is 13.8. The maximum absolute atomic E-state index is 10.9. The molecule has 0 fully saturated rings. The predicted molar refractivity (Wildman–Crippen MR) is 117 cm³/mol. The van der Waals surface area contributed by atoms with Gasteiger partial charge in [-0.3, -0.25) is 4.52 Å². The lowest BCUT2D eigenvalue weighted by Gasteiger charge is -2.27. The molecular weight excluding hydrogens is 419 g/mol. The van der Waals surface area contributed by atoms with Crippen LogP contribution in [0.4, 0.5) is 0 Å². The minimum absolute atomic E-state index is 0.314. The molecule has 1 aromatic heterocycles. The molecule has 3 aromatic rings. The summed E-state index contributed by atoms with van der Waals surface area (Å²) in [5.74, 6) is 0.714. The van der Waals surface area contributed by atoms with Crippen LogP contribution in [-0.4, -0.2) is 38.6 Å². The Bertz CT molecular complexity index is 1030. The molecule has 0 aliphatic carbocycles. The van der Waals surface area contributed by atoms with Crippen molar-refractivity contribution in [2.24, 2.45) is 5.73 Å². The van der Waals surface area contributed by atoms with E-state index in [-0.39, 0.29) is 0 Å². The molecule has 5 N–H and O–H groups in total. The van der Waals surface area contributed by atoms with Crippen LogP contribution in [0.2, 0.25) is 0 Å². The zero-order valence-corrected chi connectivity index (χ0v) is 18.2. The molecule has 8 nitrogen and oxygen atoms in total. The van der Waals surface area contributed by atoms with E-state index in [9.17, 15) is 9.67 Å². The summed E-state index contributed by atoms with van der Waals surface area (Å²) in [6.07, 6.45) is 3.27. The maximum Gasteiger partial charge on any atom is 0.469 e. The zero-order chi connectivity index (χ0) is 22.5. The molecule has 0 radical (unpaired) electrons. The van der Waals surface area contributed by atoms with Crippen molar-refractivity contribution in [2.75, 3.05) is 13.2 Å². The Kier molecular flexibility index (Phi) is 7.43. The van der Waals surface area contributed by atoms with Crippen LogP contribution in [0.3, 0.4) is 0 Å². The highest BCUT2D eigenvalue weighted by atomic mass is 31.2. The number of oxazole rings is 1. The van der Waals surface area contributed by atoms with Crippen LogP contribution in [0.1, 0.15) is 24.8 Å². The van der Waals surface area contributed by atoms with E-state index in [4.69, 9.17) is 19.9 Å². The third-order valence-corrected chi connectivity index (χ3v) is 5.53. The van der Waals surface area contributed by atoms with E-state index in [0.29, 0.717) is 18.7 Å². The quantitative estimate of drug-likeness (QED) is 0.348. The summed E-state index contributed by atoms with van der Waals surface area (Å²) in [5.41, 5.74) is 9.70. The summed E-state index contributed by atoms with van der Waals surface area (Å²) in [7, 11) is -4.64. The average molecular weight is 446 g/mol. The predicted octanol–water partition coefficient (Wildman–Crippen LogP) is 3.30. The van der Waals surface area contributed by atoms with Crippen LogP contribution in [0.25, 0.3) is 22.4 Å². The van der Waals surface area contributed by atoms with Crippen molar-refractivity contribution in [1.29, 1.82) is 0 Å². The van der Waals surface area contributed by atoms with Gasteiger partial charge >= 0.3 is 7.82 Å². The molecule has 0 saturated heterocycles.